The molecular weight excluding hydrogens is 286 g/mol. The monoisotopic (exact) mass is 303 g/mol. The van der Waals surface area contributed by atoms with Crippen molar-refractivity contribution < 1.29 is 4.79 Å². The molecule has 0 aliphatic heterocycles. The summed E-state index contributed by atoms with van der Waals surface area (Å²) in [5.41, 5.74) is 3.34. The molecule has 2 rings (SSSR count). The Balaban J connectivity index is 1.99. The van der Waals surface area contributed by atoms with Gasteiger partial charge in [-0.05, 0) is 44.0 Å². The van der Waals surface area contributed by atoms with Crippen LogP contribution in [0.1, 0.15) is 16.8 Å². The lowest BCUT2D eigenvalue weighted by Crippen LogP contribution is -2.16. The van der Waals surface area contributed by atoms with Crippen LogP contribution in [0.25, 0.3) is 0 Å². The number of benzene rings is 1. The molecule has 110 valence electrons. The molecule has 0 spiro atoms. The minimum Gasteiger partial charge on any atom is -0.325 e. The van der Waals surface area contributed by atoms with Crippen molar-refractivity contribution in [2.75, 3.05) is 11.1 Å². The Kier molecular flexibility index (Phi) is 4.80. The second-order valence-corrected chi connectivity index (χ2v) is 5.79. The second-order valence-electron chi connectivity index (χ2n) is 4.79. The third kappa shape index (κ3) is 4.19. The lowest BCUT2D eigenvalue weighted by atomic mass is 10.1. The number of nitrogens with one attached hydrogen (secondary N) is 2. The van der Waals surface area contributed by atoms with Crippen molar-refractivity contribution in [3.63, 3.8) is 0 Å². The van der Waals surface area contributed by atoms with Gasteiger partial charge in [0.1, 0.15) is 5.03 Å². The van der Waals surface area contributed by atoms with E-state index in [9.17, 15) is 9.59 Å². The second kappa shape index (κ2) is 6.58. The molecule has 21 heavy (non-hydrogen) atoms. The maximum atomic E-state index is 12.0. The van der Waals surface area contributed by atoms with Crippen LogP contribution in [0.2, 0.25) is 0 Å². The number of rotatable bonds is 4. The average molecular weight is 303 g/mol. The number of aromatic nitrogens is 2. The molecule has 1 amide bonds. The summed E-state index contributed by atoms with van der Waals surface area (Å²) < 4.78 is 0. The Morgan fingerprint density at radius 2 is 2.10 bits per heavy atom. The first-order valence-electron chi connectivity index (χ1n) is 6.52. The summed E-state index contributed by atoms with van der Waals surface area (Å²) in [7, 11) is 0. The van der Waals surface area contributed by atoms with E-state index in [1.807, 2.05) is 32.0 Å². The standard InChI is InChI=1S/C15H17N3O2S/c1-9-5-4-6-12(11(9)3)17-13(19)8-21-14-7-10(2)16-15(20)18-14/h4-7H,8H2,1-3H3,(H,17,19)(H,16,18,20). The lowest BCUT2D eigenvalue weighted by Gasteiger charge is -2.10. The molecule has 0 atom stereocenters. The van der Waals surface area contributed by atoms with Crippen LogP contribution < -0.4 is 11.0 Å². The quantitative estimate of drug-likeness (QED) is 0.672. The zero-order chi connectivity index (χ0) is 15.4. The summed E-state index contributed by atoms with van der Waals surface area (Å²) in [5.74, 6) is 0.0944. The molecule has 0 aliphatic rings. The zero-order valence-corrected chi connectivity index (χ0v) is 13.0. The molecule has 2 aromatic rings. The Bertz CT molecular complexity index is 725. The molecule has 0 saturated heterocycles. The lowest BCUT2D eigenvalue weighted by molar-refractivity contribution is -0.113. The fraction of sp³-hybridized carbons (Fsp3) is 0.267. The number of H-pyrrole nitrogens is 1. The van der Waals surface area contributed by atoms with Crippen LogP contribution in [-0.4, -0.2) is 21.6 Å². The first kappa shape index (κ1) is 15.3. The number of aromatic amines is 1. The number of aryl methyl sites for hydroxylation is 2. The van der Waals surface area contributed by atoms with Crippen LogP contribution in [0.15, 0.2) is 34.1 Å². The van der Waals surface area contributed by atoms with Gasteiger partial charge in [-0.3, -0.25) is 4.79 Å². The van der Waals surface area contributed by atoms with Gasteiger partial charge in [0.2, 0.25) is 5.91 Å². The number of hydrogen-bond acceptors (Lipinski definition) is 4. The highest BCUT2D eigenvalue weighted by molar-refractivity contribution is 7.99. The number of carbonyl (C=O) groups excluding carboxylic acids is 1. The van der Waals surface area contributed by atoms with Gasteiger partial charge in [0.15, 0.2) is 0 Å². The molecule has 0 aliphatic carbocycles. The van der Waals surface area contributed by atoms with E-state index in [0.29, 0.717) is 5.03 Å². The minimum absolute atomic E-state index is 0.117. The van der Waals surface area contributed by atoms with E-state index < -0.39 is 5.69 Å². The first-order valence-corrected chi connectivity index (χ1v) is 7.51. The molecule has 6 heteroatoms. The van der Waals surface area contributed by atoms with E-state index in [-0.39, 0.29) is 11.7 Å². The van der Waals surface area contributed by atoms with E-state index in [4.69, 9.17) is 0 Å². The molecule has 0 fully saturated rings. The minimum atomic E-state index is -0.396. The normalized spacial score (nSPS) is 10.4. The van der Waals surface area contributed by atoms with Crippen LogP contribution in [0.5, 0.6) is 0 Å². The molecule has 0 saturated carbocycles. The fourth-order valence-electron chi connectivity index (χ4n) is 1.84. The summed E-state index contributed by atoms with van der Waals surface area (Å²) in [6, 6.07) is 7.53. The van der Waals surface area contributed by atoms with E-state index in [2.05, 4.69) is 15.3 Å². The van der Waals surface area contributed by atoms with Gasteiger partial charge in [0.05, 0.1) is 5.75 Å². The summed E-state index contributed by atoms with van der Waals surface area (Å²) >= 11 is 1.24. The molecule has 5 nitrogen and oxygen atoms in total. The van der Waals surface area contributed by atoms with Crippen LogP contribution in [0.3, 0.4) is 0 Å². The van der Waals surface area contributed by atoms with Gasteiger partial charge < -0.3 is 10.3 Å². The summed E-state index contributed by atoms with van der Waals surface area (Å²) in [5, 5.41) is 3.43. The molecule has 1 aromatic carbocycles. The van der Waals surface area contributed by atoms with E-state index >= 15 is 0 Å². The maximum absolute atomic E-state index is 12.0. The van der Waals surface area contributed by atoms with E-state index in [1.54, 1.807) is 13.0 Å². The van der Waals surface area contributed by atoms with Crippen molar-refractivity contribution >= 4 is 23.4 Å². The van der Waals surface area contributed by atoms with Gasteiger partial charge in [0, 0.05) is 11.4 Å². The van der Waals surface area contributed by atoms with Crippen LogP contribution in [0.4, 0.5) is 5.69 Å². The molecule has 2 N–H and O–H groups in total. The van der Waals surface area contributed by atoms with Crippen LogP contribution in [0, 0.1) is 20.8 Å². The van der Waals surface area contributed by atoms with Crippen molar-refractivity contribution in [3.05, 3.63) is 51.6 Å². The molecular formula is C15H17N3O2S. The van der Waals surface area contributed by atoms with Gasteiger partial charge in [-0.1, -0.05) is 23.9 Å². The van der Waals surface area contributed by atoms with Crippen molar-refractivity contribution in [1.82, 2.24) is 9.97 Å². The third-order valence-corrected chi connectivity index (χ3v) is 4.00. The van der Waals surface area contributed by atoms with Crippen molar-refractivity contribution in [2.24, 2.45) is 0 Å². The van der Waals surface area contributed by atoms with Gasteiger partial charge in [-0.2, -0.15) is 4.98 Å². The summed E-state index contributed by atoms with van der Waals surface area (Å²) in [6.07, 6.45) is 0. The molecule has 0 radical (unpaired) electrons. The predicted octanol–water partition coefficient (Wildman–Crippen LogP) is 2.43. The number of carbonyl (C=O) groups is 1. The Hall–Kier alpha value is -2.08. The Labute approximate surface area is 127 Å². The number of amides is 1. The van der Waals surface area contributed by atoms with E-state index in [0.717, 1.165) is 22.5 Å². The first-order chi connectivity index (χ1) is 9.95. The highest BCUT2D eigenvalue weighted by atomic mass is 32.2. The van der Waals surface area contributed by atoms with Gasteiger partial charge in [0.25, 0.3) is 0 Å². The fourth-order valence-corrected chi connectivity index (χ4v) is 2.60. The molecule has 0 bridgehead atoms. The SMILES string of the molecule is Cc1cc(SCC(=O)Nc2cccc(C)c2C)nc(=O)[nH]1. The van der Waals surface area contributed by atoms with Crippen molar-refractivity contribution in [2.45, 2.75) is 25.8 Å². The topological polar surface area (TPSA) is 74.8 Å². The van der Waals surface area contributed by atoms with Gasteiger partial charge in [-0.25, -0.2) is 4.79 Å². The number of hydrogen-bond donors (Lipinski definition) is 2. The predicted molar refractivity (Wildman–Crippen MR) is 84.9 cm³/mol. The maximum Gasteiger partial charge on any atom is 0.346 e. The highest BCUT2D eigenvalue weighted by Crippen LogP contribution is 2.19. The molecule has 0 unspecified atom stereocenters. The average Bonchev–Trinajstić information content (AvgIpc) is 2.41. The molecule has 1 heterocycles. The molecule has 1 aromatic heterocycles. The summed E-state index contributed by atoms with van der Waals surface area (Å²) in [6.45, 7) is 5.76. The van der Waals surface area contributed by atoms with Gasteiger partial charge in [-0.15, -0.1) is 0 Å². The van der Waals surface area contributed by atoms with Crippen LogP contribution >= 0.6 is 11.8 Å². The Morgan fingerprint density at radius 1 is 1.33 bits per heavy atom. The zero-order valence-electron chi connectivity index (χ0n) is 12.2. The number of anilines is 1. The van der Waals surface area contributed by atoms with Crippen molar-refractivity contribution in [1.29, 1.82) is 0 Å². The van der Waals surface area contributed by atoms with Gasteiger partial charge >= 0.3 is 5.69 Å². The number of nitrogens with zero attached hydrogens (tertiary/aromatic N) is 1. The largest absolute Gasteiger partial charge is 0.346 e. The van der Waals surface area contributed by atoms with Crippen molar-refractivity contribution in [3.8, 4) is 0 Å². The van der Waals surface area contributed by atoms with E-state index in [1.165, 1.54) is 11.8 Å². The highest BCUT2D eigenvalue weighted by Gasteiger charge is 2.08. The third-order valence-electron chi connectivity index (χ3n) is 3.09. The number of thioether (sulfide) groups is 1. The van der Waals surface area contributed by atoms with Crippen LogP contribution in [-0.2, 0) is 4.79 Å². The smallest absolute Gasteiger partial charge is 0.325 e. The summed E-state index contributed by atoms with van der Waals surface area (Å²) in [4.78, 5) is 29.6. The Morgan fingerprint density at radius 3 is 2.81 bits per heavy atom.